The molecule has 2 atom stereocenters. The lowest BCUT2D eigenvalue weighted by Crippen LogP contribution is -2.55. The number of nitrogens with two attached hydrogens (primary N) is 1. The Balaban J connectivity index is 1.96. The van der Waals surface area contributed by atoms with Crippen LogP contribution in [0.15, 0.2) is 18.2 Å². The highest BCUT2D eigenvalue weighted by molar-refractivity contribution is 6.74. The van der Waals surface area contributed by atoms with Gasteiger partial charge in [0, 0.05) is 11.3 Å². The average molecular weight is 413 g/mol. The number of anilines is 1. The van der Waals surface area contributed by atoms with Crippen molar-refractivity contribution >= 4 is 20.1 Å². The topological polar surface area (TPSA) is 85.0 Å². The van der Waals surface area contributed by atoms with E-state index in [1.165, 1.54) is 11.0 Å². The highest BCUT2D eigenvalue weighted by atomic mass is 28.4. The summed E-state index contributed by atoms with van der Waals surface area (Å²) in [6.07, 6.45) is -0.367. The lowest BCUT2D eigenvalue weighted by molar-refractivity contribution is -0.0672. The molecular weight excluding hydrogens is 379 g/mol. The van der Waals surface area contributed by atoms with Gasteiger partial charge in [-0.1, -0.05) is 26.8 Å². The van der Waals surface area contributed by atoms with E-state index >= 15 is 0 Å². The molecule has 0 aliphatic carbocycles. The number of ether oxygens (including phenoxy) is 1. The van der Waals surface area contributed by atoms with Crippen LogP contribution in [0.1, 0.15) is 32.8 Å². The molecule has 0 bridgehead atoms. The van der Waals surface area contributed by atoms with Crippen LogP contribution in [0.4, 0.5) is 14.9 Å². The number of halogens is 1. The molecule has 1 heterocycles. The van der Waals surface area contributed by atoms with Crippen molar-refractivity contribution in [3.05, 3.63) is 29.6 Å². The quantitative estimate of drug-likeness (QED) is 0.542. The number of carbonyl (C=O) groups is 1. The van der Waals surface area contributed by atoms with Crippen LogP contribution in [-0.2, 0) is 15.6 Å². The van der Waals surface area contributed by atoms with E-state index in [-0.39, 0.29) is 36.2 Å². The van der Waals surface area contributed by atoms with Gasteiger partial charge in [-0.05, 0) is 43.1 Å². The third-order valence-electron chi connectivity index (χ3n) is 5.93. The van der Waals surface area contributed by atoms with Crippen molar-refractivity contribution in [3.8, 4) is 0 Å². The standard InChI is InChI=1S/C20H33FN2O4Si/c1-20(2,3)28(4,5)27-13-14-12-26-15(11-23(14)19(24)25)9-10-16-17(21)7-6-8-18(16)22/h6-8,14-15H,9-13,22H2,1-5H3,(H,24,25)/t14-,15+/m0/s1. The maximum absolute atomic E-state index is 13.9. The van der Waals surface area contributed by atoms with E-state index in [1.54, 1.807) is 12.1 Å². The lowest BCUT2D eigenvalue weighted by Gasteiger charge is -2.41. The van der Waals surface area contributed by atoms with Crippen molar-refractivity contribution in [2.75, 3.05) is 25.5 Å². The SMILES string of the molecule is CC(C)(C)[Si](C)(C)OC[C@@H]1CO[C@H](CCc2c(N)cccc2F)CN1C(=O)O. The Morgan fingerprint density at radius 3 is 2.68 bits per heavy atom. The van der Waals surface area contributed by atoms with Crippen LogP contribution in [-0.4, -0.2) is 56.3 Å². The van der Waals surface area contributed by atoms with Crippen LogP contribution in [0.25, 0.3) is 0 Å². The van der Waals surface area contributed by atoms with Crippen LogP contribution in [0.3, 0.4) is 0 Å². The predicted molar refractivity (Wildman–Crippen MR) is 111 cm³/mol. The van der Waals surface area contributed by atoms with Crippen LogP contribution >= 0.6 is 0 Å². The number of amides is 1. The summed E-state index contributed by atoms with van der Waals surface area (Å²) in [7, 11) is -1.97. The zero-order valence-corrected chi connectivity index (χ0v) is 18.5. The molecule has 1 aliphatic rings. The second-order valence-corrected chi connectivity index (χ2v) is 13.8. The molecule has 1 saturated heterocycles. The first-order valence-electron chi connectivity index (χ1n) is 9.70. The van der Waals surface area contributed by atoms with Gasteiger partial charge in [0.25, 0.3) is 0 Å². The Hall–Kier alpha value is -1.64. The van der Waals surface area contributed by atoms with E-state index in [2.05, 4.69) is 33.9 Å². The molecule has 0 radical (unpaired) electrons. The maximum Gasteiger partial charge on any atom is 0.407 e. The van der Waals surface area contributed by atoms with Crippen molar-refractivity contribution in [1.29, 1.82) is 0 Å². The van der Waals surface area contributed by atoms with Gasteiger partial charge in [-0.25, -0.2) is 9.18 Å². The van der Waals surface area contributed by atoms with Gasteiger partial charge in [0.05, 0.1) is 31.9 Å². The number of rotatable bonds is 6. The summed E-state index contributed by atoms with van der Waals surface area (Å²) in [5.74, 6) is -0.341. The van der Waals surface area contributed by atoms with E-state index in [1.807, 2.05) is 0 Å². The monoisotopic (exact) mass is 412 g/mol. The zero-order valence-electron chi connectivity index (χ0n) is 17.5. The van der Waals surface area contributed by atoms with Gasteiger partial charge in [0.2, 0.25) is 0 Å². The first kappa shape index (κ1) is 22.6. The van der Waals surface area contributed by atoms with E-state index in [0.29, 0.717) is 30.7 Å². The molecule has 3 N–H and O–H groups in total. The van der Waals surface area contributed by atoms with E-state index in [0.717, 1.165) is 0 Å². The number of morpholine rings is 1. The molecule has 28 heavy (non-hydrogen) atoms. The Kier molecular flexibility index (Phi) is 7.11. The van der Waals surface area contributed by atoms with Gasteiger partial charge < -0.3 is 20.0 Å². The van der Waals surface area contributed by atoms with Crippen LogP contribution in [0, 0.1) is 5.82 Å². The number of hydrogen-bond donors (Lipinski definition) is 2. The van der Waals surface area contributed by atoms with Gasteiger partial charge in [-0.3, -0.25) is 4.90 Å². The second kappa shape index (κ2) is 8.80. The van der Waals surface area contributed by atoms with E-state index in [9.17, 15) is 14.3 Å². The minimum atomic E-state index is -1.97. The Morgan fingerprint density at radius 1 is 1.43 bits per heavy atom. The molecule has 1 fully saturated rings. The number of carboxylic acid groups (broad SMARTS) is 1. The lowest BCUT2D eigenvalue weighted by atomic mass is 10.0. The van der Waals surface area contributed by atoms with E-state index < -0.39 is 14.4 Å². The van der Waals surface area contributed by atoms with Crippen LogP contribution in [0.5, 0.6) is 0 Å². The van der Waals surface area contributed by atoms with Gasteiger partial charge in [-0.2, -0.15) is 0 Å². The molecule has 1 amide bonds. The molecule has 158 valence electrons. The minimum absolute atomic E-state index is 0.0544. The van der Waals surface area contributed by atoms with Gasteiger partial charge >= 0.3 is 6.09 Å². The first-order valence-corrected chi connectivity index (χ1v) is 12.6. The normalized spacial score (nSPS) is 21.0. The number of benzene rings is 1. The molecule has 0 unspecified atom stereocenters. The summed E-state index contributed by atoms with van der Waals surface area (Å²) in [5, 5.41) is 9.69. The number of hydrogen-bond acceptors (Lipinski definition) is 4. The summed E-state index contributed by atoms with van der Waals surface area (Å²) in [4.78, 5) is 13.2. The molecule has 1 aliphatic heterocycles. The van der Waals surface area contributed by atoms with Crippen LogP contribution < -0.4 is 5.73 Å². The highest BCUT2D eigenvalue weighted by Gasteiger charge is 2.39. The average Bonchev–Trinajstić information content (AvgIpc) is 2.59. The molecule has 8 heteroatoms. The summed E-state index contributed by atoms with van der Waals surface area (Å²) in [5.41, 5.74) is 6.72. The van der Waals surface area contributed by atoms with Crippen molar-refractivity contribution < 1.29 is 23.5 Å². The van der Waals surface area contributed by atoms with E-state index in [4.69, 9.17) is 14.9 Å². The molecule has 1 aromatic rings. The summed E-state index contributed by atoms with van der Waals surface area (Å²) in [6.45, 7) is 11.6. The van der Waals surface area contributed by atoms with Gasteiger partial charge in [0.1, 0.15) is 5.82 Å². The Labute approximate surface area is 167 Å². The summed E-state index contributed by atoms with van der Waals surface area (Å²) in [6, 6.07) is 4.29. The van der Waals surface area contributed by atoms with Gasteiger partial charge in [0.15, 0.2) is 8.32 Å². The van der Waals surface area contributed by atoms with Gasteiger partial charge in [-0.15, -0.1) is 0 Å². The van der Waals surface area contributed by atoms with Crippen molar-refractivity contribution in [2.45, 2.75) is 63.9 Å². The molecule has 0 saturated carbocycles. The summed E-state index contributed by atoms with van der Waals surface area (Å²) >= 11 is 0. The second-order valence-electron chi connectivity index (χ2n) is 8.96. The molecule has 2 rings (SSSR count). The maximum atomic E-state index is 13.9. The fraction of sp³-hybridized carbons (Fsp3) is 0.650. The van der Waals surface area contributed by atoms with Crippen molar-refractivity contribution in [3.63, 3.8) is 0 Å². The molecule has 0 spiro atoms. The minimum Gasteiger partial charge on any atom is -0.465 e. The fourth-order valence-electron chi connectivity index (χ4n) is 2.97. The molecule has 6 nitrogen and oxygen atoms in total. The Bertz CT molecular complexity index is 673. The van der Waals surface area contributed by atoms with Crippen LogP contribution in [0.2, 0.25) is 18.1 Å². The Morgan fingerprint density at radius 2 is 2.11 bits per heavy atom. The van der Waals surface area contributed by atoms with Crippen molar-refractivity contribution in [1.82, 2.24) is 4.90 Å². The van der Waals surface area contributed by atoms with Crippen molar-refractivity contribution in [2.24, 2.45) is 0 Å². The molecular formula is C20H33FN2O4Si. The zero-order chi connectivity index (χ0) is 21.1. The third kappa shape index (κ3) is 5.45. The fourth-order valence-corrected chi connectivity index (χ4v) is 4.01. The highest BCUT2D eigenvalue weighted by Crippen LogP contribution is 2.36. The smallest absolute Gasteiger partial charge is 0.407 e. The number of nitrogens with zero attached hydrogens (tertiary/aromatic N) is 1. The molecule has 0 aromatic heterocycles. The third-order valence-corrected chi connectivity index (χ3v) is 10.4. The predicted octanol–water partition coefficient (Wildman–Crippen LogP) is 4.11. The number of nitrogen functional groups attached to an aromatic ring is 1. The molecule has 1 aromatic carbocycles. The largest absolute Gasteiger partial charge is 0.465 e. The first-order chi connectivity index (χ1) is 12.9. The summed E-state index contributed by atoms with van der Waals surface area (Å²) < 4.78 is 26.0.